The zero-order chi connectivity index (χ0) is 41.5. The summed E-state index contributed by atoms with van der Waals surface area (Å²) >= 11 is 0. The maximum Gasteiger partial charge on any atom is 0.305 e. The third kappa shape index (κ3) is 44.0. The summed E-state index contributed by atoms with van der Waals surface area (Å²) in [6, 6.07) is -0.646. The molecule has 0 aromatic carbocycles. The number of hydrogen-bond donors (Lipinski definition) is 3. The van der Waals surface area contributed by atoms with Gasteiger partial charge in [0.05, 0.1) is 25.4 Å². The van der Waals surface area contributed by atoms with Crippen LogP contribution in [0.3, 0.4) is 0 Å². The van der Waals surface area contributed by atoms with E-state index in [0.29, 0.717) is 19.4 Å². The summed E-state index contributed by atoms with van der Waals surface area (Å²) in [5.41, 5.74) is 0. The normalized spacial score (nSPS) is 12.7. The van der Waals surface area contributed by atoms with Crippen LogP contribution in [0.2, 0.25) is 0 Å². The Morgan fingerprint density at radius 2 is 0.807 bits per heavy atom. The van der Waals surface area contributed by atoms with E-state index in [1.165, 1.54) is 193 Å². The SMILES string of the molecule is CCCCCCCCCCCCCCCC/C=C/C(O)C(CO)NC(=O)CCCCCCCCCCCOC(=O)CCCCCCCCCCCCCCCCC. The Kier molecular flexibility index (Phi) is 46.1. The molecule has 0 bridgehead atoms. The number of rotatable bonds is 47. The number of aliphatic hydroxyl groups is 2. The van der Waals surface area contributed by atoms with Crippen LogP contribution < -0.4 is 5.32 Å². The van der Waals surface area contributed by atoms with Crippen LogP contribution in [-0.2, 0) is 14.3 Å². The van der Waals surface area contributed by atoms with E-state index in [2.05, 4.69) is 19.2 Å². The highest BCUT2D eigenvalue weighted by Gasteiger charge is 2.18. The lowest BCUT2D eigenvalue weighted by atomic mass is 10.0. The number of esters is 1. The van der Waals surface area contributed by atoms with Crippen LogP contribution in [0.15, 0.2) is 12.2 Å². The Bertz CT molecular complexity index is 847. The number of ether oxygens (including phenoxy) is 1. The molecule has 0 radical (unpaired) electrons. The maximum absolute atomic E-state index is 12.4. The van der Waals surface area contributed by atoms with Gasteiger partial charge >= 0.3 is 5.97 Å². The Morgan fingerprint density at radius 1 is 0.474 bits per heavy atom. The van der Waals surface area contributed by atoms with Crippen LogP contribution in [0.4, 0.5) is 0 Å². The largest absolute Gasteiger partial charge is 0.466 e. The van der Waals surface area contributed by atoms with Crippen molar-refractivity contribution < 1.29 is 24.5 Å². The summed E-state index contributed by atoms with van der Waals surface area (Å²) in [4.78, 5) is 24.5. The molecule has 6 heteroatoms. The first-order valence-electron chi connectivity index (χ1n) is 25.5. The van der Waals surface area contributed by atoms with Gasteiger partial charge in [-0.2, -0.15) is 0 Å². The Labute approximate surface area is 355 Å². The molecule has 0 aromatic heterocycles. The number of amides is 1. The van der Waals surface area contributed by atoms with E-state index < -0.39 is 12.1 Å². The average molecular weight is 806 g/mol. The van der Waals surface area contributed by atoms with Crippen molar-refractivity contribution in [3.8, 4) is 0 Å². The number of nitrogens with one attached hydrogen (secondary N) is 1. The van der Waals surface area contributed by atoms with Crippen molar-refractivity contribution in [2.24, 2.45) is 0 Å². The molecule has 0 spiro atoms. The number of carbonyl (C=O) groups is 2. The van der Waals surface area contributed by atoms with E-state index in [0.717, 1.165) is 57.8 Å². The van der Waals surface area contributed by atoms with Crippen molar-refractivity contribution in [1.29, 1.82) is 0 Å². The smallest absolute Gasteiger partial charge is 0.305 e. The van der Waals surface area contributed by atoms with Gasteiger partial charge in [0.1, 0.15) is 0 Å². The fourth-order valence-electron chi connectivity index (χ4n) is 7.87. The van der Waals surface area contributed by atoms with E-state index in [-0.39, 0.29) is 18.5 Å². The topological polar surface area (TPSA) is 95.9 Å². The van der Waals surface area contributed by atoms with E-state index in [4.69, 9.17) is 4.74 Å². The number of aliphatic hydroxyl groups excluding tert-OH is 2. The summed E-state index contributed by atoms with van der Waals surface area (Å²) in [5, 5.41) is 23.0. The molecule has 0 rings (SSSR count). The number of allylic oxidation sites excluding steroid dienone is 1. The third-order valence-corrected chi connectivity index (χ3v) is 11.8. The number of unbranched alkanes of at least 4 members (excludes halogenated alkanes) is 36. The predicted molar refractivity (Wildman–Crippen MR) is 246 cm³/mol. The fraction of sp³-hybridized carbons (Fsp3) is 0.922. The summed E-state index contributed by atoms with van der Waals surface area (Å²) in [6.45, 7) is 4.85. The van der Waals surface area contributed by atoms with Crippen LogP contribution in [-0.4, -0.2) is 47.4 Å². The van der Waals surface area contributed by atoms with Crippen LogP contribution >= 0.6 is 0 Å². The highest BCUT2D eigenvalue weighted by atomic mass is 16.5. The first-order chi connectivity index (χ1) is 28.0. The van der Waals surface area contributed by atoms with Crippen molar-refractivity contribution in [3.05, 3.63) is 12.2 Å². The number of hydrogen-bond acceptors (Lipinski definition) is 5. The second kappa shape index (κ2) is 47.3. The molecule has 0 saturated carbocycles. The molecular formula is C51H99NO5. The Hall–Kier alpha value is -1.40. The average Bonchev–Trinajstić information content (AvgIpc) is 3.21. The predicted octanol–water partition coefficient (Wildman–Crippen LogP) is 15.0. The van der Waals surface area contributed by atoms with Crippen LogP contribution in [0, 0.1) is 0 Å². The van der Waals surface area contributed by atoms with Crippen LogP contribution in [0.5, 0.6) is 0 Å². The van der Waals surface area contributed by atoms with Crippen molar-refractivity contribution in [1.82, 2.24) is 5.32 Å². The summed E-state index contributed by atoms with van der Waals surface area (Å²) in [6.07, 6.45) is 53.5. The molecule has 2 unspecified atom stereocenters. The van der Waals surface area contributed by atoms with Gasteiger partial charge in [-0.15, -0.1) is 0 Å². The lowest BCUT2D eigenvalue weighted by Gasteiger charge is -2.20. The Morgan fingerprint density at radius 3 is 1.19 bits per heavy atom. The van der Waals surface area contributed by atoms with Gasteiger partial charge in [0.2, 0.25) is 5.91 Å². The highest BCUT2D eigenvalue weighted by molar-refractivity contribution is 5.76. The first-order valence-corrected chi connectivity index (χ1v) is 25.5. The molecule has 0 aromatic rings. The third-order valence-electron chi connectivity index (χ3n) is 11.8. The fourth-order valence-corrected chi connectivity index (χ4v) is 7.87. The van der Waals surface area contributed by atoms with Gasteiger partial charge in [-0.1, -0.05) is 244 Å². The zero-order valence-electron chi connectivity index (χ0n) is 38.3. The molecule has 0 heterocycles. The molecule has 0 saturated heterocycles. The maximum atomic E-state index is 12.4. The second-order valence-corrected chi connectivity index (χ2v) is 17.5. The summed E-state index contributed by atoms with van der Waals surface area (Å²) < 4.78 is 5.45. The second-order valence-electron chi connectivity index (χ2n) is 17.5. The lowest BCUT2D eigenvalue weighted by Crippen LogP contribution is -2.45. The Balaban J connectivity index is 3.51. The van der Waals surface area contributed by atoms with Crippen molar-refractivity contribution in [3.63, 3.8) is 0 Å². The van der Waals surface area contributed by atoms with Gasteiger partial charge in [0.15, 0.2) is 0 Å². The number of carbonyl (C=O) groups excluding carboxylic acids is 2. The quantitative estimate of drug-likeness (QED) is 0.0323. The van der Waals surface area contributed by atoms with E-state index >= 15 is 0 Å². The lowest BCUT2D eigenvalue weighted by molar-refractivity contribution is -0.143. The minimum Gasteiger partial charge on any atom is -0.466 e. The minimum absolute atomic E-state index is 0.0242. The van der Waals surface area contributed by atoms with Gasteiger partial charge in [-0.05, 0) is 32.1 Å². The van der Waals surface area contributed by atoms with Crippen molar-refractivity contribution in [2.45, 2.75) is 289 Å². The van der Waals surface area contributed by atoms with Crippen molar-refractivity contribution in [2.75, 3.05) is 13.2 Å². The summed E-state index contributed by atoms with van der Waals surface area (Å²) in [7, 11) is 0. The molecule has 2 atom stereocenters. The van der Waals surface area contributed by atoms with E-state index in [1.54, 1.807) is 6.08 Å². The molecule has 0 aliphatic carbocycles. The first kappa shape index (κ1) is 55.6. The highest BCUT2D eigenvalue weighted by Crippen LogP contribution is 2.16. The van der Waals surface area contributed by atoms with Gasteiger partial charge in [0.25, 0.3) is 0 Å². The molecular weight excluding hydrogens is 707 g/mol. The molecule has 1 amide bonds. The van der Waals surface area contributed by atoms with Gasteiger partial charge in [-0.3, -0.25) is 9.59 Å². The molecule has 3 N–H and O–H groups in total. The minimum atomic E-state index is -0.860. The standard InChI is InChI=1S/C51H99NO5/c1-3-5-7-9-11-13-15-17-19-21-22-24-27-31-35-39-43-49(54)48(47-53)52-50(55)44-40-36-32-28-26-30-34-38-42-46-57-51(56)45-41-37-33-29-25-23-20-18-16-14-12-10-8-6-4-2/h39,43,48-49,53-54H,3-38,40-42,44-47H2,1-2H3,(H,52,55)/b43-39+. The molecule has 57 heavy (non-hydrogen) atoms. The van der Waals surface area contributed by atoms with Crippen LogP contribution in [0.1, 0.15) is 277 Å². The van der Waals surface area contributed by atoms with E-state index in [9.17, 15) is 19.8 Å². The molecule has 0 aliphatic heterocycles. The van der Waals surface area contributed by atoms with E-state index in [1.807, 2.05) is 6.08 Å². The van der Waals surface area contributed by atoms with Gasteiger partial charge < -0.3 is 20.3 Å². The molecule has 0 fully saturated rings. The summed E-state index contributed by atoms with van der Waals surface area (Å²) in [5.74, 6) is -0.118. The van der Waals surface area contributed by atoms with Crippen molar-refractivity contribution >= 4 is 11.9 Å². The van der Waals surface area contributed by atoms with Gasteiger partial charge in [-0.25, -0.2) is 0 Å². The van der Waals surface area contributed by atoms with Crippen LogP contribution in [0.25, 0.3) is 0 Å². The monoisotopic (exact) mass is 806 g/mol. The van der Waals surface area contributed by atoms with Gasteiger partial charge in [0, 0.05) is 12.8 Å². The molecule has 0 aliphatic rings. The molecule has 338 valence electrons. The molecule has 6 nitrogen and oxygen atoms in total. The zero-order valence-corrected chi connectivity index (χ0v) is 38.3.